The zero-order chi connectivity index (χ0) is 18.9. The third kappa shape index (κ3) is 3.27. The standard InChI is InChI=1S/C24H22BrN3/c25-19-11-9-18(10-12-19)17-26-28-15-13-27(14-16-28)24-22-7-3-1-5-20(22)21-6-2-4-8-23(21)24/h1-12,17,24H,13-16H2/b26-17+. The van der Waals surface area contributed by atoms with Gasteiger partial charge >= 0.3 is 0 Å². The molecule has 0 saturated carbocycles. The summed E-state index contributed by atoms with van der Waals surface area (Å²) >= 11 is 3.47. The van der Waals surface area contributed by atoms with E-state index in [1.807, 2.05) is 18.3 Å². The lowest BCUT2D eigenvalue weighted by molar-refractivity contribution is 0.114. The summed E-state index contributed by atoms with van der Waals surface area (Å²) in [7, 11) is 0. The number of halogens is 1. The van der Waals surface area contributed by atoms with E-state index in [2.05, 4.69) is 86.5 Å². The minimum Gasteiger partial charge on any atom is -0.294 e. The number of piperazine rings is 1. The Morgan fingerprint density at radius 3 is 1.93 bits per heavy atom. The van der Waals surface area contributed by atoms with Crippen molar-refractivity contribution in [2.24, 2.45) is 5.10 Å². The molecular weight excluding hydrogens is 410 g/mol. The van der Waals surface area contributed by atoms with Crippen molar-refractivity contribution in [2.45, 2.75) is 6.04 Å². The molecule has 0 unspecified atom stereocenters. The fraction of sp³-hybridized carbons (Fsp3) is 0.208. The molecule has 0 spiro atoms. The van der Waals surface area contributed by atoms with E-state index in [1.165, 1.54) is 22.3 Å². The van der Waals surface area contributed by atoms with Crippen LogP contribution in [0.25, 0.3) is 11.1 Å². The topological polar surface area (TPSA) is 18.8 Å². The largest absolute Gasteiger partial charge is 0.294 e. The zero-order valence-corrected chi connectivity index (χ0v) is 17.2. The highest BCUT2D eigenvalue weighted by Gasteiger charge is 2.33. The van der Waals surface area contributed by atoms with Crippen LogP contribution in [0.15, 0.2) is 82.4 Å². The zero-order valence-electron chi connectivity index (χ0n) is 15.6. The predicted molar refractivity (Wildman–Crippen MR) is 119 cm³/mol. The average molecular weight is 432 g/mol. The van der Waals surface area contributed by atoms with Crippen LogP contribution in [0, 0.1) is 0 Å². The van der Waals surface area contributed by atoms with Gasteiger partial charge in [-0.15, -0.1) is 0 Å². The molecule has 0 N–H and O–H groups in total. The van der Waals surface area contributed by atoms with Gasteiger partial charge in [-0.3, -0.25) is 9.91 Å². The molecule has 1 aliphatic carbocycles. The fourth-order valence-corrected chi connectivity index (χ4v) is 4.57. The average Bonchev–Trinajstić information content (AvgIpc) is 3.08. The van der Waals surface area contributed by atoms with Crippen molar-refractivity contribution in [3.63, 3.8) is 0 Å². The van der Waals surface area contributed by atoms with Crippen LogP contribution in [0.5, 0.6) is 0 Å². The van der Waals surface area contributed by atoms with Crippen molar-refractivity contribution < 1.29 is 0 Å². The van der Waals surface area contributed by atoms with Gasteiger partial charge in [0.1, 0.15) is 0 Å². The molecule has 0 amide bonds. The van der Waals surface area contributed by atoms with Crippen LogP contribution < -0.4 is 0 Å². The van der Waals surface area contributed by atoms with E-state index in [4.69, 9.17) is 5.10 Å². The molecule has 2 aliphatic rings. The van der Waals surface area contributed by atoms with E-state index in [9.17, 15) is 0 Å². The molecule has 3 aromatic carbocycles. The summed E-state index contributed by atoms with van der Waals surface area (Å²) in [4.78, 5) is 2.61. The molecule has 3 aromatic rings. The Bertz CT molecular complexity index is 959. The van der Waals surface area contributed by atoms with Crippen LogP contribution in [-0.4, -0.2) is 42.3 Å². The minimum absolute atomic E-state index is 0.366. The van der Waals surface area contributed by atoms with Gasteiger partial charge in [-0.2, -0.15) is 5.10 Å². The van der Waals surface area contributed by atoms with Crippen molar-refractivity contribution in [3.8, 4) is 11.1 Å². The van der Waals surface area contributed by atoms with Gasteiger partial charge in [0.15, 0.2) is 0 Å². The summed E-state index contributed by atoms with van der Waals surface area (Å²) in [6.45, 7) is 3.94. The van der Waals surface area contributed by atoms with E-state index >= 15 is 0 Å². The van der Waals surface area contributed by atoms with E-state index in [-0.39, 0.29) is 0 Å². The van der Waals surface area contributed by atoms with Crippen molar-refractivity contribution in [1.29, 1.82) is 0 Å². The Kier molecular flexibility index (Phi) is 4.75. The van der Waals surface area contributed by atoms with Gasteiger partial charge in [0.2, 0.25) is 0 Å². The molecule has 3 nitrogen and oxygen atoms in total. The Hall–Kier alpha value is -2.43. The number of hydrogen-bond donors (Lipinski definition) is 0. The van der Waals surface area contributed by atoms with Gasteiger partial charge in [0, 0.05) is 30.7 Å². The maximum Gasteiger partial charge on any atom is 0.0615 e. The molecule has 0 radical (unpaired) electrons. The normalized spacial score (nSPS) is 17.1. The van der Waals surface area contributed by atoms with Gasteiger partial charge < -0.3 is 0 Å². The summed E-state index contributed by atoms with van der Waals surface area (Å²) in [5.74, 6) is 0. The maximum absolute atomic E-state index is 4.70. The second kappa shape index (κ2) is 7.53. The number of hydrogen-bond acceptors (Lipinski definition) is 3. The van der Waals surface area contributed by atoms with Gasteiger partial charge in [0.25, 0.3) is 0 Å². The molecule has 5 rings (SSSR count). The summed E-state index contributed by atoms with van der Waals surface area (Å²) in [6, 6.07) is 26.3. The fourth-order valence-electron chi connectivity index (χ4n) is 4.30. The third-order valence-electron chi connectivity index (χ3n) is 5.70. The number of nitrogens with zero attached hydrogens (tertiary/aromatic N) is 3. The first-order valence-electron chi connectivity index (χ1n) is 9.76. The summed E-state index contributed by atoms with van der Waals surface area (Å²) in [5.41, 5.74) is 6.79. The van der Waals surface area contributed by atoms with Crippen molar-refractivity contribution in [3.05, 3.63) is 94.0 Å². The quantitative estimate of drug-likeness (QED) is 0.532. The molecule has 0 bridgehead atoms. The molecule has 1 saturated heterocycles. The smallest absolute Gasteiger partial charge is 0.0615 e. The van der Waals surface area contributed by atoms with E-state index < -0.39 is 0 Å². The molecule has 1 heterocycles. The van der Waals surface area contributed by atoms with Gasteiger partial charge in [0.05, 0.1) is 12.3 Å². The third-order valence-corrected chi connectivity index (χ3v) is 6.23. The highest BCUT2D eigenvalue weighted by molar-refractivity contribution is 9.10. The number of fused-ring (bicyclic) bond motifs is 3. The molecule has 140 valence electrons. The highest BCUT2D eigenvalue weighted by atomic mass is 79.9. The molecule has 4 heteroatoms. The van der Waals surface area contributed by atoms with Crippen LogP contribution in [-0.2, 0) is 0 Å². The Morgan fingerprint density at radius 1 is 0.750 bits per heavy atom. The summed E-state index contributed by atoms with van der Waals surface area (Å²) in [6.07, 6.45) is 1.96. The highest BCUT2D eigenvalue weighted by Crippen LogP contribution is 2.46. The van der Waals surface area contributed by atoms with Crippen molar-refractivity contribution >= 4 is 22.1 Å². The van der Waals surface area contributed by atoms with E-state index in [1.54, 1.807) is 0 Å². The molecule has 1 fully saturated rings. The number of hydrazone groups is 1. The first-order chi connectivity index (χ1) is 13.8. The monoisotopic (exact) mass is 431 g/mol. The lowest BCUT2D eigenvalue weighted by Gasteiger charge is -2.37. The molecule has 28 heavy (non-hydrogen) atoms. The van der Waals surface area contributed by atoms with Crippen LogP contribution >= 0.6 is 15.9 Å². The van der Waals surface area contributed by atoms with Crippen molar-refractivity contribution in [1.82, 2.24) is 9.91 Å². The Labute approximate surface area is 174 Å². The van der Waals surface area contributed by atoms with Crippen molar-refractivity contribution in [2.75, 3.05) is 26.2 Å². The van der Waals surface area contributed by atoms with E-state index in [0.29, 0.717) is 6.04 Å². The van der Waals surface area contributed by atoms with Crippen LogP contribution in [0.4, 0.5) is 0 Å². The molecule has 0 atom stereocenters. The van der Waals surface area contributed by atoms with Gasteiger partial charge in [-0.05, 0) is 39.9 Å². The SMILES string of the molecule is Brc1ccc(/C=N/N2CCN(C3c4ccccc4-c4ccccc43)CC2)cc1. The lowest BCUT2D eigenvalue weighted by atomic mass is 10.0. The summed E-state index contributed by atoms with van der Waals surface area (Å²) < 4.78 is 1.09. The molecule has 1 aliphatic heterocycles. The van der Waals surface area contributed by atoms with E-state index in [0.717, 1.165) is 36.2 Å². The number of benzene rings is 3. The predicted octanol–water partition coefficient (Wildman–Crippen LogP) is 5.17. The van der Waals surface area contributed by atoms with Gasteiger partial charge in [-0.1, -0.05) is 76.6 Å². The van der Waals surface area contributed by atoms with Crippen LogP contribution in [0.1, 0.15) is 22.7 Å². The second-order valence-corrected chi connectivity index (χ2v) is 8.28. The van der Waals surface area contributed by atoms with Crippen LogP contribution in [0.3, 0.4) is 0 Å². The Balaban J connectivity index is 1.31. The minimum atomic E-state index is 0.366. The number of rotatable bonds is 3. The Morgan fingerprint density at radius 2 is 1.32 bits per heavy atom. The van der Waals surface area contributed by atoms with Crippen LogP contribution in [0.2, 0.25) is 0 Å². The molecular formula is C24H22BrN3. The van der Waals surface area contributed by atoms with Gasteiger partial charge in [-0.25, -0.2) is 0 Å². The summed E-state index contributed by atoms with van der Waals surface area (Å²) in [5, 5.41) is 6.88. The first kappa shape index (κ1) is 17.7. The maximum atomic E-state index is 4.70. The molecule has 0 aromatic heterocycles. The lowest BCUT2D eigenvalue weighted by Crippen LogP contribution is -2.45. The second-order valence-electron chi connectivity index (χ2n) is 7.36. The first-order valence-corrected chi connectivity index (χ1v) is 10.6.